The van der Waals surface area contributed by atoms with Crippen molar-refractivity contribution >= 4 is 5.91 Å². The normalized spacial score (nSPS) is 29.9. The standard InChI is InChI=1S/C16H21FN2O3/c1-15(2)13(20)8-16(15,18)14(21)19-6-7-22-12-5-3-4-11(17)10(12)9-19/h3-5,13,20H,6-9,18H2,1-2H3/t13-,16-/m0/s1. The highest BCUT2D eigenvalue weighted by atomic mass is 19.1. The van der Waals surface area contributed by atoms with E-state index in [1.165, 1.54) is 11.0 Å². The molecule has 1 saturated carbocycles. The third-order valence-corrected chi connectivity index (χ3v) is 5.21. The van der Waals surface area contributed by atoms with Crippen molar-refractivity contribution in [3.63, 3.8) is 0 Å². The molecule has 0 aromatic heterocycles. The second-order valence-electron chi connectivity index (χ2n) is 6.70. The molecule has 0 saturated heterocycles. The number of fused-ring (bicyclic) bond motifs is 1. The van der Waals surface area contributed by atoms with Gasteiger partial charge in [-0.15, -0.1) is 0 Å². The second kappa shape index (κ2) is 4.93. The van der Waals surface area contributed by atoms with E-state index >= 15 is 0 Å². The quantitative estimate of drug-likeness (QED) is 0.812. The SMILES string of the molecule is CC1(C)[C@@H](O)C[C@]1(N)C(=O)N1CCOc2cccc(F)c2C1. The van der Waals surface area contributed by atoms with Gasteiger partial charge in [0.05, 0.1) is 19.2 Å². The lowest BCUT2D eigenvalue weighted by Crippen LogP contribution is -2.75. The van der Waals surface area contributed by atoms with Gasteiger partial charge in [-0.2, -0.15) is 0 Å². The Hall–Kier alpha value is -1.66. The van der Waals surface area contributed by atoms with E-state index in [9.17, 15) is 14.3 Å². The molecule has 1 amide bonds. The summed E-state index contributed by atoms with van der Waals surface area (Å²) >= 11 is 0. The van der Waals surface area contributed by atoms with Crippen molar-refractivity contribution in [1.82, 2.24) is 4.90 Å². The Kier molecular flexibility index (Phi) is 3.41. The van der Waals surface area contributed by atoms with E-state index in [0.29, 0.717) is 24.5 Å². The average molecular weight is 308 g/mol. The fourth-order valence-corrected chi connectivity index (χ4v) is 3.17. The molecule has 0 spiro atoms. The first-order chi connectivity index (χ1) is 10.3. The number of benzene rings is 1. The highest BCUT2D eigenvalue weighted by Crippen LogP contribution is 2.49. The maximum atomic E-state index is 14.0. The van der Waals surface area contributed by atoms with E-state index in [1.807, 2.05) is 0 Å². The molecule has 0 bridgehead atoms. The van der Waals surface area contributed by atoms with Crippen LogP contribution in [0.25, 0.3) is 0 Å². The highest BCUT2D eigenvalue weighted by molar-refractivity contribution is 5.89. The van der Waals surface area contributed by atoms with Crippen LogP contribution in [0.2, 0.25) is 0 Å². The smallest absolute Gasteiger partial charge is 0.243 e. The first kappa shape index (κ1) is 15.2. The topological polar surface area (TPSA) is 75.8 Å². The summed E-state index contributed by atoms with van der Waals surface area (Å²) in [6.45, 7) is 4.33. The lowest BCUT2D eigenvalue weighted by Gasteiger charge is -2.57. The summed E-state index contributed by atoms with van der Waals surface area (Å²) in [6.07, 6.45) is -0.381. The fraction of sp³-hybridized carbons (Fsp3) is 0.562. The lowest BCUT2D eigenvalue weighted by molar-refractivity contribution is -0.169. The van der Waals surface area contributed by atoms with Crippen molar-refractivity contribution in [3.05, 3.63) is 29.6 Å². The summed E-state index contributed by atoms with van der Waals surface area (Å²) in [6, 6.07) is 4.63. The van der Waals surface area contributed by atoms with Crippen LogP contribution in [0.4, 0.5) is 4.39 Å². The van der Waals surface area contributed by atoms with Crippen LogP contribution < -0.4 is 10.5 Å². The van der Waals surface area contributed by atoms with Gasteiger partial charge in [0.25, 0.3) is 0 Å². The maximum Gasteiger partial charge on any atom is 0.243 e. The largest absolute Gasteiger partial charge is 0.491 e. The molecule has 1 aliphatic heterocycles. The predicted octanol–water partition coefficient (Wildman–Crippen LogP) is 1.03. The van der Waals surface area contributed by atoms with Crippen LogP contribution in [0.1, 0.15) is 25.8 Å². The molecule has 1 aromatic carbocycles. The molecule has 2 aliphatic rings. The molecule has 1 fully saturated rings. The molecule has 3 N–H and O–H groups in total. The van der Waals surface area contributed by atoms with Crippen molar-refractivity contribution in [2.75, 3.05) is 13.2 Å². The molecule has 0 radical (unpaired) electrons. The number of carbonyl (C=O) groups is 1. The molecule has 6 heteroatoms. The van der Waals surface area contributed by atoms with Crippen LogP contribution in [0, 0.1) is 11.2 Å². The molecule has 2 atom stereocenters. The third-order valence-electron chi connectivity index (χ3n) is 5.21. The van der Waals surface area contributed by atoms with Gasteiger partial charge in [0.1, 0.15) is 23.7 Å². The van der Waals surface area contributed by atoms with Gasteiger partial charge >= 0.3 is 0 Å². The molecule has 22 heavy (non-hydrogen) atoms. The number of hydrogen-bond acceptors (Lipinski definition) is 4. The van der Waals surface area contributed by atoms with E-state index < -0.39 is 22.9 Å². The summed E-state index contributed by atoms with van der Waals surface area (Å²) < 4.78 is 19.5. The number of amides is 1. The lowest BCUT2D eigenvalue weighted by atomic mass is 9.54. The first-order valence-electron chi connectivity index (χ1n) is 7.44. The first-order valence-corrected chi connectivity index (χ1v) is 7.44. The monoisotopic (exact) mass is 308 g/mol. The highest BCUT2D eigenvalue weighted by Gasteiger charge is 2.62. The van der Waals surface area contributed by atoms with Crippen LogP contribution in [0.5, 0.6) is 5.75 Å². The number of hydrogen-bond donors (Lipinski definition) is 2. The van der Waals surface area contributed by atoms with Gasteiger partial charge in [0, 0.05) is 17.4 Å². The average Bonchev–Trinajstić information content (AvgIpc) is 2.69. The number of halogens is 1. The molecular weight excluding hydrogens is 287 g/mol. The molecule has 3 rings (SSSR count). The Morgan fingerprint density at radius 1 is 1.50 bits per heavy atom. The van der Waals surface area contributed by atoms with Crippen molar-refractivity contribution in [1.29, 1.82) is 0 Å². The Labute approximate surface area is 128 Å². The van der Waals surface area contributed by atoms with Crippen LogP contribution >= 0.6 is 0 Å². The zero-order chi connectivity index (χ0) is 16.1. The van der Waals surface area contributed by atoms with E-state index in [4.69, 9.17) is 10.5 Å². The van der Waals surface area contributed by atoms with E-state index in [1.54, 1.807) is 26.0 Å². The van der Waals surface area contributed by atoms with Crippen LogP contribution in [-0.2, 0) is 11.3 Å². The second-order valence-corrected chi connectivity index (χ2v) is 6.70. The Morgan fingerprint density at radius 3 is 2.86 bits per heavy atom. The molecular formula is C16H21FN2O3. The molecule has 1 heterocycles. The minimum absolute atomic E-state index is 0.131. The molecule has 1 aliphatic carbocycles. The van der Waals surface area contributed by atoms with Gasteiger partial charge in [-0.1, -0.05) is 19.9 Å². The fourth-order valence-electron chi connectivity index (χ4n) is 3.17. The van der Waals surface area contributed by atoms with Gasteiger partial charge < -0.3 is 20.5 Å². The van der Waals surface area contributed by atoms with Gasteiger partial charge in [0.2, 0.25) is 5.91 Å². The predicted molar refractivity (Wildman–Crippen MR) is 78.6 cm³/mol. The Balaban J connectivity index is 1.87. The van der Waals surface area contributed by atoms with Gasteiger partial charge in [-0.05, 0) is 12.1 Å². The molecule has 1 aromatic rings. The zero-order valence-electron chi connectivity index (χ0n) is 12.8. The van der Waals surface area contributed by atoms with Crippen molar-refractivity contribution in [2.24, 2.45) is 11.1 Å². The number of aliphatic hydroxyl groups excluding tert-OH is 1. The van der Waals surface area contributed by atoms with E-state index in [0.717, 1.165) is 0 Å². The van der Waals surface area contributed by atoms with Gasteiger partial charge in [0.15, 0.2) is 0 Å². The molecule has 0 unspecified atom stereocenters. The zero-order valence-corrected chi connectivity index (χ0v) is 12.8. The Bertz CT molecular complexity index is 619. The molecule has 120 valence electrons. The molecule has 5 nitrogen and oxygen atoms in total. The number of carbonyl (C=O) groups excluding carboxylic acids is 1. The summed E-state index contributed by atoms with van der Waals surface area (Å²) in [7, 11) is 0. The number of ether oxygens (including phenoxy) is 1. The summed E-state index contributed by atoms with van der Waals surface area (Å²) in [4.78, 5) is 14.4. The van der Waals surface area contributed by atoms with Crippen molar-refractivity contribution in [2.45, 2.75) is 38.5 Å². The minimum Gasteiger partial charge on any atom is -0.491 e. The van der Waals surface area contributed by atoms with Crippen LogP contribution in [-0.4, -0.2) is 40.7 Å². The number of nitrogens with two attached hydrogens (primary N) is 1. The van der Waals surface area contributed by atoms with Crippen LogP contribution in [0.15, 0.2) is 18.2 Å². The third kappa shape index (κ3) is 2.01. The number of nitrogens with zero attached hydrogens (tertiary/aromatic N) is 1. The van der Waals surface area contributed by atoms with Crippen LogP contribution in [0.3, 0.4) is 0 Å². The maximum absolute atomic E-state index is 14.0. The van der Waals surface area contributed by atoms with Gasteiger partial charge in [-0.25, -0.2) is 4.39 Å². The summed E-state index contributed by atoms with van der Waals surface area (Å²) in [5.74, 6) is -0.187. The van der Waals surface area contributed by atoms with Crippen molar-refractivity contribution in [3.8, 4) is 5.75 Å². The van der Waals surface area contributed by atoms with Crippen molar-refractivity contribution < 1.29 is 19.0 Å². The summed E-state index contributed by atoms with van der Waals surface area (Å²) in [5.41, 5.74) is 4.82. The van der Waals surface area contributed by atoms with E-state index in [-0.39, 0.29) is 18.9 Å². The van der Waals surface area contributed by atoms with Gasteiger partial charge in [-0.3, -0.25) is 4.79 Å². The van der Waals surface area contributed by atoms with E-state index in [2.05, 4.69) is 0 Å². The number of rotatable bonds is 1. The Morgan fingerprint density at radius 2 is 2.23 bits per heavy atom. The minimum atomic E-state index is -1.12. The number of aliphatic hydroxyl groups is 1. The summed E-state index contributed by atoms with van der Waals surface area (Å²) in [5, 5.41) is 9.88.